The lowest BCUT2D eigenvalue weighted by atomic mass is 10.1. The Morgan fingerprint density at radius 1 is 1.39 bits per heavy atom. The minimum Gasteiger partial charge on any atom is -0.469 e. The quantitative estimate of drug-likeness (QED) is 0.814. The van der Waals surface area contributed by atoms with E-state index in [9.17, 15) is 0 Å². The monoisotopic (exact) mass is 269 g/mol. The molecule has 0 aliphatic carbocycles. The molecule has 5 nitrogen and oxygen atoms in total. The number of halogens is 1. The highest BCUT2D eigenvalue weighted by atomic mass is 35.5. The Bertz CT molecular complexity index is 467. The lowest BCUT2D eigenvalue weighted by Crippen LogP contribution is -2.16. The number of anilines is 1. The molecule has 0 aromatic carbocycles. The van der Waals surface area contributed by atoms with Crippen molar-refractivity contribution in [1.82, 2.24) is 10.2 Å². The topological polar surface area (TPSA) is 64.1 Å². The van der Waals surface area contributed by atoms with E-state index in [1.54, 1.807) is 13.2 Å². The standard InChI is InChI=1S/C12H16ClN3O2/c1-8(5-6-10-4-3-7-17-10)14-12-16-15-11(18-12)9(2)13/h3-4,7-9H,5-6H2,1-2H3,(H,14,16). The molecule has 0 saturated carbocycles. The second-order valence-corrected chi connectivity index (χ2v) is 4.88. The second-order valence-electron chi connectivity index (χ2n) is 4.22. The van der Waals surface area contributed by atoms with E-state index < -0.39 is 0 Å². The predicted octanol–water partition coefficient (Wildman–Crippen LogP) is 3.40. The third-order valence-corrected chi connectivity index (χ3v) is 2.74. The summed E-state index contributed by atoms with van der Waals surface area (Å²) in [7, 11) is 0. The van der Waals surface area contributed by atoms with E-state index in [-0.39, 0.29) is 11.4 Å². The summed E-state index contributed by atoms with van der Waals surface area (Å²) in [4.78, 5) is 0. The zero-order chi connectivity index (χ0) is 13.0. The van der Waals surface area contributed by atoms with Crippen LogP contribution in [-0.2, 0) is 6.42 Å². The van der Waals surface area contributed by atoms with Crippen molar-refractivity contribution in [3.05, 3.63) is 30.0 Å². The van der Waals surface area contributed by atoms with Gasteiger partial charge in [0, 0.05) is 12.5 Å². The van der Waals surface area contributed by atoms with Gasteiger partial charge in [-0.15, -0.1) is 16.7 Å². The van der Waals surface area contributed by atoms with Crippen LogP contribution in [0.1, 0.15) is 37.3 Å². The van der Waals surface area contributed by atoms with Crippen LogP contribution in [0.25, 0.3) is 0 Å². The Kier molecular flexibility index (Phi) is 4.25. The van der Waals surface area contributed by atoms with E-state index in [1.807, 2.05) is 12.1 Å². The molecule has 6 heteroatoms. The van der Waals surface area contributed by atoms with Gasteiger partial charge in [-0.05, 0) is 32.4 Å². The molecule has 2 unspecified atom stereocenters. The summed E-state index contributed by atoms with van der Waals surface area (Å²) in [5.41, 5.74) is 0. The minimum absolute atomic E-state index is 0.217. The lowest BCUT2D eigenvalue weighted by molar-refractivity contribution is 0.482. The molecule has 2 rings (SSSR count). The van der Waals surface area contributed by atoms with E-state index in [2.05, 4.69) is 22.4 Å². The molecule has 0 aliphatic heterocycles. The third-order valence-electron chi connectivity index (χ3n) is 2.55. The number of aromatic nitrogens is 2. The summed E-state index contributed by atoms with van der Waals surface area (Å²) in [6.07, 6.45) is 3.47. The van der Waals surface area contributed by atoms with Crippen LogP contribution in [0.15, 0.2) is 27.2 Å². The molecule has 2 aromatic rings. The second kappa shape index (κ2) is 5.91. The maximum Gasteiger partial charge on any atom is 0.315 e. The van der Waals surface area contributed by atoms with Crippen molar-refractivity contribution in [2.45, 2.75) is 38.1 Å². The fourth-order valence-electron chi connectivity index (χ4n) is 1.55. The van der Waals surface area contributed by atoms with Gasteiger partial charge in [0.25, 0.3) is 0 Å². The van der Waals surface area contributed by atoms with E-state index in [0.717, 1.165) is 18.6 Å². The Hall–Kier alpha value is -1.49. The van der Waals surface area contributed by atoms with Crippen molar-refractivity contribution in [2.75, 3.05) is 5.32 Å². The highest BCUT2D eigenvalue weighted by Gasteiger charge is 2.13. The summed E-state index contributed by atoms with van der Waals surface area (Å²) in [6, 6.07) is 4.48. The van der Waals surface area contributed by atoms with Crippen LogP contribution in [0, 0.1) is 0 Å². The molecule has 0 fully saturated rings. The van der Waals surface area contributed by atoms with Gasteiger partial charge in [-0.3, -0.25) is 0 Å². The molecule has 0 amide bonds. The van der Waals surface area contributed by atoms with Crippen molar-refractivity contribution in [2.24, 2.45) is 0 Å². The maximum atomic E-state index is 5.85. The average molecular weight is 270 g/mol. The molecule has 2 aromatic heterocycles. The normalized spacial score (nSPS) is 14.4. The predicted molar refractivity (Wildman–Crippen MR) is 68.7 cm³/mol. The fourth-order valence-corrected chi connectivity index (χ4v) is 1.64. The number of alkyl halides is 1. The Morgan fingerprint density at radius 2 is 2.22 bits per heavy atom. The molecular formula is C12H16ClN3O2. The molecule has 0 radical (unpaired) electrons. The van der Waals surface area contributed by atoms with Crippen LogP contribution in [-0.4, -0.2) is 16.2 Å². The highest BCUT2D eigenvalue weighted by molar-refractivity contribution is 6.20. The van der Waals surface area contributed by atoms with Gasteiger partial charge in [0.1, 0.15) is 11.1 Å². The van der Waals surface area contributed by atoms with Gasteiger partial charge < -0.3 is 14.2 Å². The Morgan fingerprint density at radius 3 is 2.83 bits per heavy atom. The van der Waals surface area contributed by atoms with Crippen molar-refractivity contribution in [3.63, 3.8) is 0 Å². The fraction of sp³-hybridized carbons (Fsp3) is 0.500. The van der Waals surface area contributed by atoms with Crippen LogP contribution >= 0.6 is 11.6 Å². The number of aryl methyl sites for hydroxylation is 1. The molecule has 0 spiro atoms. The zero-order valence-corrected chi connectivity index (χ0v) is 11.1. The van der Waals surface area contributed by atoms with Crippen LogP contribution in [0.4, 0.5) is 6.01 Å². The molecule has 98 valence electrons. The molecule has 0 bridgehead atoms. The first-order valence-corrected chi connectivity index (χ1v) is 6.35. The zero-order valence-electron chi connectivity index (χ0n) is 10.4. The van der Waals surface area contributed by atoms with Crippen molar-refractivity contribution in [3.8, 4) is 0 Å². The molecule has 0 aliphatic rings. The number of rotatable bonds is 6. The maximum absolute atomic E-state index is 5.85. The lowest BCUT2D eigenvalue weighted by Gasteiger charge is -2.10. The largest absolute Gasteiger partial charge is 0.469 e. The number of hydrogen-bond acceptors (Lipinski definition) is 5. The van der Waals surface area contributed by atoms with Crippen LogP contribution in [0.3, 0.4) is 0 Å². The highest BCUT2D eigenvalue weighted by Crippen LogP contribution is 2.20. The van der Waals surface area contributed by atoms with Gasteiger partial charge in [-0.1, -0.05) is 5.10 Å². The van der Waals surface area contributed by atoms with Crippen LogP contribution < -0.4 is 5.32 Å². The van der Waals surface area contributed by atoms with Gasteiger partial charge >= 0.3 is 6.01 Å². The van der Waals surface area contributed by atoms with Crippen molar-refractivity contribution < 1.29 is 8.83 Å². The Balaban J connectivity index is 1.81. The average Bonchev–Trinajstić information content (AvgIpc) is 2.96. The summed E-state index contributed by atoms with van der Waals surface area (Å²) in [5, 5.41) is 10.6. The van der Waals surface area contributed by atoms with E-state index in [1.165, 1.54) is 0 Å². The molecule has 2 heterocycles. The van der Waals surface area contributed by atoms with Gasteiger partial charge in [0.15, 0.2) is 0 Å². The molecule has 0 saturated heterocycles. The van der Waals surface area contributed by atoms with Gasteiger partial charge in [0.05, 0.1) is 6.26 Å². The first-order chi connectivity index (χ1) is 8.65. The number of furan rings is 1. The van der Waals surface area contributed by atoms with Gasteiger partial charge in [-0.2, -0.15) is 0 Å². The van der Waals surface area contributed by atoms with Crippen molar-refractivity contribution >= 4 is 17.6 Å². The van der Waals surface area contributed by atoms with Crippen LogP contribution in [0.5, 0.6) is 0 Å². The van der Waals surface area contributed by atoms with Crippen LogP contribution in [0.2, 0.25) is 0 Å². The molecule has 2 atom stereocenters. The summed E-state index contributed by atoms with van der Waals surface area (Å²) in [6.45, 7) is 3.84. The third kappa shape index (κ3) is 3.50. The molecule has 18 heavy (non-hydrogen) atoms. The number of nitrogens with zero attached hydrogens (tertiary/aromatic N) is 2. The van der Waals surface area contributed by atoms with Gasteiger partial charge in [0.2, 0.25) is 5.89 Å². The molecule has 1 N–H and O–H groups in total. The summed E-state index contributed by atoms with van der Waals surface area (Å²) >= 11 is 5.85. The smallest absolute Gasteiger partial charge is 0.315 e. The van der Waals surface area contributed by atoms with Crippen molar-refractivity contribution in [1.29, 1.82) is 0 Å². The Labute approximate surface area is 111 Å². The van der Waals surface area contributed by atoms with E-state index in [0.29, 0.717) is 11.9 Å². The molecular weight excluding hydrogens is 254 g/mol. The first-order valence-electron chi connectivity index (χ1n) is 5.91. The SMILES string of the molecule is CC(CCc1ccco1)Nc1nnc(C(C)Cl)o1. The van der Waals surface area contributed by atoms with E-state index in [4.69, 9.17) is 20.4 Å². The number of nitrogens with one attached hydrogen (secondary N) is 1. The first kappa shape index (κ1) is 13.0. The minimum atomic E-state index is -0.272. The summed E-state index contributed by atoms with van der Waals surface area (Å²) in [5.74, 6) is 1.40. The number of hydrogen-bond donors (Lipinski definition) is 1. The summed E-state index contributed by atoms with van der Waals surface area (Å²) < 4.78 is 10.6. The van der Waals surface area contributed by atoms with E-state index >= 15 is 0 Å². The van der Waals surface area contributed by atoms with Gasteiger partial charge in [-0.25, -0.2) is 0 Å².